The van der Waals surface area contributed by atoms with Crippen molar-refractivity contribution in [2.24, 2.45) is 5.73 Å². The first-order valence-corrected chi connectivity index (χ1v) is 9.84. The van der Waals surface area contributed by atoms with E-state index in [1.807, 2.05) is 24.3 Å². The van der Waals surface area contributed by atoms with Crippen LogP contribution in [0.1, 0.15) is 24.0 Å². The van der Waals surface area contributed by atoms with Crippen molar-refractivity contribution in [1.82, 2.24) is 4.72 Å². The summed E-state index contributed by atoms with van der Waals surface area (Å²) in [6, 6.07) is 14.0. The van der Waals surface area contributed by atoms with Gasteiger partial charge in [0.25, 0.3) is 0 Å². The van der Waals surface area contributed by atoms with E-state index in [0.717, 1.165) is 24.0 Å². The molecule has 0 aliphatic rings. The van der Waals surface area contributed by atoms with Crippen LogP contribution >= 0.6 is 11.6 Å². The van der Waals surface area contributed by atoms with E-state index in [9.17, 15) is 13.2 Å². The van der Waals surface area contributed by atoms with Gasteiger partial charge in [0.2, 0.25) is 15.9 Å². The molecule has 0 radical (unpaired) electrons. The van der Waals surface area contributed by atoms with E-state index >= 15 is 0 Å². The summed E-state index contributed by atoms with van der Waals surface area (Å²) < 4.78 is 26.9. The van der Waals surface area contributed by atoms with Gasteiger partial charge in [-0.1, -0.05) is 35.9 Å². The summed E-state index contributed by atoms with van der Waals surface area (Å²) in [6.45, 7) is 0.311. The summed E-state index contributed by atoms with van der Waals surface area (Å²) in [5.74, 6) is -0.287. The second kappa shape index (κ2) is 8.99. The van der Waals surface area contributed by atoms with Gasteiger partial charge in [0.1, 0.15) is 0 Å². The average Bonchev–Trinajstić information content (AvgIpc) is 2.56. The number of nitrogens with two attached hydrogens (primary N) is 1. The molecule has 2 aromatic carbocycles. The molecule has 0 aliphatic carbocycles. The fraction of sp³-hybridized carbons (Fsp3) is 0.278. The van der Waals surface area contributed by atoms with Crippen LogP contribution in [0.3, 0.4) is 0 Å². The first kappa shape index (κ1) is 19.4. The monoisotopic (exact) mass is 380 g/mol. The Kier molecular flexibility index (Phi) is 6.99. The van der Waals surface area contributed by atoms with Gasteiger partial charge in [0.05, 0.1) is 4.90 Å². The smallest absolute Gasteiger partial charge is 0.240 e. The Hall–Kier alpha value is -1.89. The van der Waals surface area contributed by atoms with Crippen LogP contribution in [0.15, 0.2) is 53.4 Å². The molecule has 7 heteroatoms. The van der Waals surface area contributed by atoms with Crippen molar-refractivity contribution in [3.05, 3.63) is 64.7 Å². The summed E-state index contributed by atoms with van der Waals surface area (Å²) in [5.41, 5.74) is 7.29. The maximum absolute atomic E-state index is 12.2. The van der Waals surface area contributed by atoms with E-state index in [0.29, 0.717) is 24.4 Å². The Bertz CT molecular complexity index is 803. The number of hydrogen-bond donors (Lipinski definition) is 2. The number of nitrogens with one attached hydrogen (secondary N) is 1. The number of amides is 1. The molecule has 0 saturated heterocycles. The van der Waals surface area contributed by atoms with Gasteiger partial charge < -0.3 is 5.73 Å². The highest BCUT2D eigenvalue weighted by molar-refractivity contribution is 7.89. The minimum atomic E-state index is -3.53. The molecule has 0 fully saturated rings. The van der Waals surface area contributed by atoms with Gasteiger partial charge in [0.15, 0.2) is 0 Å². The van der Waals surface area contributed by atoms with Crippen LogP contribution in [0, 0.1) is 0 Å². The SMILES string of the molecule is NC(=O)CCCc1ccc(CCNS(=O)(=O)c2ccc(Cl)cc2)cc1. The van der Waals surface area contributed by atoms with Crippen molar-refractivity contribution in [2.75, 3.05) is 6.54 Å². The topological polar surface area (TPSA) is 89.3 Å². The number of aryl methyl sites for hydroxylation is 1. The molecule has 1 amide bonds. The summed E-state index contributed by atoms with van der Waals surface area (Å²) in [6.07, 6.45) is 2.50. The summed E-state index contributed by atoms with van der Waals surface area (Å²) in [7, 11) is -3.53. The average molecular weight is 381 g/mol. The van der Waals surface area contributed by atoms with Crippen molar-refractivity contribution in [3.63, 3.8) is 0 Å². The molecular formula is C18H21ClN2O3S. The molecular weight excluding hydrogens is 360 g/mol. The minimum Gasteiger partial charge on any atom is -0.370 e. The highest BCUT2D eigenvalue weighted by Crippen LogP contribution is 2.14. The predicted molar refractivity (Wildman–Crippen MR) is 98.9 cm³/mol. The Balaban J connectivity index is 1.83. The Morgan fingerprint density at radius 2 is 1.52 bits per heavy atom. The Labute approximate surface area is 153 Å². The van der Waals surface area contributed by atoms with Crippen LogP contribution in [0.25, 0.3) is 0 Å². The number of carbonyl (C=O) groups is 1. The van der Waals surface area contributed by atoms with Gasteiger partial charge in [-0.15, -0.1) is 0 Å². The van der Waals surface area contributed by atoms with Crippen molar-refractivity contribution in [1.29, 1.82) is 0 Å². The summed E-state index contributed by atoms with van der Waals surface area (Å²) >= 11 is 5.77. The van der Waals surface area contributed by atoms with Crippen LogP contribution in [0.2, 0.25) is 5.02 Å². The number of primary amides is 1. The quantitative estimate of drug-likeness (QED) is 0.700. The van der Waals surface area contributed by atoms with Gasteiger partial charge in [0, 0.05) is 18.0 Å². The van der Waals surface area contributed by atoms with Crippen LogP contribution < -0.4 is 10.5 Å². The van der Waals surface area contributed by atoms with Gasteiger partial charge >= 0.3 is 0 Å². The summed E-state index contributed by atoms with van der Waals surface area (Å²) in [4.78, 5) is 10.9. The lowest BCUT2D eigenvalue weighted by molar-refractivity contribution is -0.118. The molecule has 0 saturated carbocycles. The second-order valence-electron chi connectivity index (χ2n) is 5.74. The van der Waals surface area contributed by atoms with Crippen LogP contribution in [0.5, 0.6) is 0 Å². The third-order valence-corrected chi connectivity index (χ3v) is 5.47. The van der Waals surface area contributed by atoms with Crippen molar-refractivity contribution >= 4 is 27.5 Å². The second-order valence-corrected chi connectivity index (χ2v) is 7.94. The molecule has 0 unspecified atom stereocenters. The maximum atomic E-state index is 12.2. The lowest BCUT2D eigenvalue weighted by Crippen LogP contribution is -2.25. The Morgan fingerprint density at radius 3 is 2.08 bits per heavy atom. The van der Waals surface area contributed by atoms with E-state index < -0.39 is 10.0 Å². The molecule has 0 aliphatic heterocycles. The fourth-order valence-electron chi connectivity index (χ4n) is 2.37. The zero-order chi connectivity index (χ0) is 18.3. The van der Waals surface area contributed by atoms with Gasteiger partial charge in [-0.25, -0.2) is 13.1 Å². The van der Waals surface area contributed by atoms with E-state index in [1.165, 1.54) is 12.1 Å². The van der Waals surface area contributed by atoms with Crippen molar-refractivity contribution in [2.45, 2.75) is 30.6 Å². The lowest BCUT2D eigenvalue weighted by Gasteiger charge is -2.08. The molecule has 0 spiro atoms. The number of benzene rings is 2. The van der Waals surface area contributed by atoms with Gasteiger partial charge in [-0.2, -0.15) is 0 Å². The maximum Gasteiger partial charge on any atom is 0.240 e. The molecule has 0 aromatic heterocycles. The van der Waals surface area contributed by atoms with Crippen LogP contribution in [0.4, 0.5) is 0 Å². The normalized spacial score (nSPS) is 11.4. The standard InChI is InChI=1S/C18H21ClN2O3S/c19-16-8-10-17(11-9-16)25(23,24)21-13-12-15-6-4-14(5-7-15)2-1-3-18(20)22/h4-11,21H,1-3,12-13H2,(H2,20,22). The van der Waals surface area contributed by atoms with Crippen LogP contribution in [-0.2, 0) is 27.7 Å². The lowest BCUT2D eigenvalue weighted by atomic mass is 10.0. The minimum absolute atomic E-state index is 0.196. The third kappa shape index (κ3) is 6.49. The van der Waals surface area contributed by atoms with E-state index in [1.54, 1.807) is 12.1 Å². The van der Waals surface area contributed by atoms with Crippen molar-refractivity contribution in [3.8, 4) is 0 Å². The molecule has 0 heterocycles. The predicted octanol–water partition coefficient (Wildman–Crippen LogP) is 2.67. The summed E-state index contributed by atoms with van der Waals surface area (Å²) in [5, 5.41) is 0.495. The molecule has 25 heavy (non-hydrogen) atoms. The molecule has 134 valence electrons. The molecule has 5 nitrogen and oxygen atoms in total. The van der Waals surface area contributed by atoms with E-state index in [2.05, 4.69) is 4.72 Å². The molecule has 0 atom stereocenters. The van der Waals surface area contributed by atoms with Gasteiger partial charge in [-0.3, -0.25) is 4.79 Å². The third-order valence-electron chi connectivity index (χ3n) is 3.74. The first-order chi connectivity index (χ1) is 11.9. The molecule has 2 rings (SSSR count). The number of rotatable bonds is 9. The van der Waals surface area contributed by atoms with E-state index in [4.69, 9.17) is 17.3 Å². The van der Waals surface area contributed by atoms with Gasteiger partial charge in [-0.05, 0) is 54.7 Å². The number of halogens is 1. The zero-order valence-electron chi connectivity index (χ0n) is 13.7. The molecule has 2 aromatic rings. The van der Waals surface area contributed by atoms with E-state index in [-0.39, 0.29) is 10.8 Å². The largest absolute Gasteiger partial charge is 0.370 e. The fourth-order valence-corrected chi connectivity index (χ4v) is 3.52. The number of carbonyl (C=O) groups excluding carboxylic acids is 1. The number of sulfonamides is 1. The highest BCUT2D eigenvalue weighted by Gasteiger charge is 2.12. The zero-order valence-corrected chi connectivity index (χ0v) is 15.3. The Morgan fingerprint density at radius 1 is 0.960 bits per heavy atom. The molecule has 0 bridgehead atoms. The van der Waals surface area contributed by atoms with Crippen molar-refractivity contribution < 1.29 is 13.2 Å². The first-order valence-electron chi connectivity index (χ1n) is 7.98. The highest BCUT2D eigenvalue weighted by atomic mass is 35.5. The number of hydrogen-bond acceptors (Lipinski definition) is 3. The van der Waals surface area contributed by atoms with Crippen LogP contribution in [-0.4, -0.2) is 20.9 Å². The molecule has 3 N–H and O–H groups in total.